The Labute approximate surface area is 87.8 Å². The summed E-state index contributed by atoms with van der Waals surface area (Å²) in [4.78, 5) is 0. The Balaban J connectivity index is 3.22. The Bertz CT molecular complexity index is 331. The van der Waals surface area contributed by atoms with E-state index in [0.29, 0.717) is 0 Å². The molecule has 70 valence electrons. The lowest BCUT2D eigenvalue weighted by Gasteiger charge is -2.12. The molecule has 13 heavy (non-hydrogen) atoms. The molecule has 0 spiro atoms. The van der Waals surface area contributed by atoms with Gasteiger partial charge in [0.15, 0.2) is 0 Å². The molecule has 0 saturated heterocycles. The van der Waals surface area contributed by atoms with E-state index in [2.05, 4.69) is 48.5 Å². The summed E-state index contributed by atoms with van der Waals surface area (Å²) >= 11 is 3.48. The van der Waals surface area contributed by atoms with Gasteiger partial charge in [-0.2, -0.15) is 0 Å². The maximum Gasteiger partial charge on any atom is 0.0481 e. The van der Waals surface area contributed by atoms with Crippen LogP contribution in [-0.4, -0.2) is 0 Å². The van der Waals surface area contributed by atoms with Crippen molar-refractivity contribution in [1.29, 1.82) is 0 Å². The van der Waals surface area contributed by atoms with Gasteiger partial charge in [0.25, 0.3) is 0 Å². The lowest BCUT2D eigenvalue weighted by molar-refractivity contribution is 0.899. The molecule has 1 rings (SSSR count). The third kappa shape index (κ3) is 2.20. The largest absolute Gasteiger partial charge is 0.321 e. The van der Waals surface area contributed by atoms with E-state index in [1.54, 1.807) is 6.08 Å². The molecule has 0 aliphatic rings. The van der Waals surface area contributed by atoms with Crippen molar-refractivity contribution in [3.63, 3.8) is 0 Å². The van der Waals surface area contributed by atoms with Crippen LogP contribution in [0.4, 0.5) is 0 Å². The molecule has 0 radical (unpaired) electrons. The molecule has 0 saturated carbocycles. The first-order chi connectivity index (χ1) is 6.06. The van der Waals surface area contributed by atoms with E-state index in [1.807, 2.05) is 0 Å². The van der Waals surface area contributed by atoms with E-state index in [9.17, 15) is 0 Å². The Morgan fingerprint density at radius 2 is 2.00 bits per heavy atom. The normalized spacial score (nSPS) is 12.6. The molecule has 2 N–H and O–H groups in total. The van der Waals surface area contributed by atoms with Gasteiger partial charge in [0.05, 0.1) is 0 Å². The molecule has 0 aliphatic carbocycles. The highest BCUT2D eigenvalue weighted by atomic mass is 79.9. The maximum absolute atomic E-state index is 5.88. The van der Waals surface area contributed by atoms with Gasteiger partial charge in [0, 0.05) is 10.5 Å². The van der Waals surface area contributed by atoms with Gasteiger partial charge in [0.1, 0.15) is 0 Å². The lowest BCUT2D eigenvalue weighted by atomic mass is 10.00. The highest BCUT2D eigenvalue weighted by Gasteiger charge is 2.07. The summed E-state index contributed by atoms with van der Waals surface area (Å²) in [7, 11) is 0. The zero-order valence-corrected chi connectivity index (χ0v) is 9.56. The highest BCUT2D eigenvalue weighted by molar-refractivity contribution is 9.10. The Hall–Kier alpha value is -0.600. The number of nitrogens with two attached hydrogens (primary N) is 1. The molecule has 0 heterocycles. The molecule has 0 unspecified atom stereocenters. The molecule has 0 bridgehead atoms. The van der Waals surface area contributed by atoms with Crippen molar-refractivity contribution >= 4 is 15.9 Å². The second-order valence-corrected chi connectivity index (χ2v) is 4.07. The quantitative estimate of drug-likeness (QED) is 0.789. The van der Waals surface area contributed by atoms with Crippen LogP contribution in [0, 0.1) is 13.8 Å². The van der Waals surface area contributed by atoms with Gasteiger partial charge in [-0.15, -0.1) is 6.58 Å². The van der Waals surface area contributed by atoms with Crippen molar-refractivity contribution in [3.8, 4) is 0 Å². The summed E-state index contributed by atoms with van der Waals surface area (Å²) in [6.45, 7) is 7.81. The van der Waals surface area contributed by atoms with Crippen LogP contribution in [0.1, 0.15) is 22.7 Å². The van der Waals surface area contributed by atoms with Crippen LogP contribution < -0.4 is 5.73 Å². The predicted molar refractivity (Wildman–Crippen MR) is 60.7 cm³/mol. The van der Waals surface area contributed by atoms with Gasteiger partial charge < -0.3 is 5.73 Å². The third-order valence-corrected chi connectivity index (χ3v) is 3.01. The fraction of sp³-hybridized carbons (Fsp3) is 0.273. The van der Waals surface area contributed by atoms with E-state index in [1.165, 1.54) is 11.1 Å². The Kier molecular flexibility index (Phi) is 3.28. The molecule has 1 nitrogen and oxygen atoms in total. The van der Waals surface area contributed by atoms with E-state index in [0.717, 1.165) is 10.0 Å². The van der Waals surface area contributed by atoms with Gasteiger partial charge >= 0.3 is 0 Å². The van der Waals surface area contributed by atoms with E-state index in [-0.39, 0.29) is 6.04 Å². The molecule has 1 aromatic rings. The predicted octanol–water partition coefficient (Wildman–Crippen LogP) is 3.25. The molecule has 0 aliphatic heterocycles. The van der Waals surface area contributed by atoms with Crippen molar-refractivity contribution in [2.75, 3.05) is 0 Å². The minimum absolute atomic E-state index is 0.0631. The van der Waals surface area contributed by atoms with E-state index in [4.69, 9.17) is 5.73 Å². The summed E-state index contributed by atoms with van der Waals surface area (Å²) < 4.78 is 1.13. The lowest BCUT2D eigenvalue weighted by Crippen LogP contribution is -2.08. The van der Waals surface area contributed by atoms with Crippen molar-refractivity contribution in [3.05, 3.63) is 46.0 Å². The molecule has 1 aromatic carbocycles. The highest BCUT2D eigenvalue weighted by Crippen LogP contribution is 2.24. The van der Waals surface area contributed by atoms with Crippen molar-refractivity contribution in [1.82, 2.24) is 0 Å². The summed E-state index contributed by atoms with van der Waals surface area (Å²) in [5.74, 6) is 0. The number of benzene rings is 1. The Morgan fingerprint density at radius 3 is 2.54 bits per heavy atom. The summed E-state index contributed by atoms with van der Waals surface area (Å²) in [6.07, 6.45) is 1.76. The number of hydrogen-bond acceptors (Lipinski definition) is 1. The van der Waals surface area contributed by atoms with E-state index >= 15 is 0 Å². The second-order valence-electron chi connectivity index (χ2n) is 3.22. The van der Waals surface area contributed by atoms with Gasteiger partial charge in [0.2, 0.25) is 0 Å². The standard InChI is InChI=1S/C11H14BrN/c1-4-11(13)9-5-8(3)10(12)6-7(9)2/h4-6,11H,1,13H2,2-3H3/t11-/m1/s1. The van der Waals surface area contributed by atoms with Gasteiger partial charge in [-0.05, 0) is 36.6 Å². The van der Waals surface area contributed by atoms with Crippen LogP contribution >= 0.6 is 15.9 Å². The van der Waals surface area contributed by atoms with Crippen molar-refractivity contribution < 1.29 is 0 Å². The maximum atomic E-state index is 5.88. The molecule has 1 atom stereocenters. The Morgan fingerprint density at radius 1 is 1.38 bits per heavy atom. The van der Waals surface area contributed by atoms with Crippen LogP contribution in [0.3, 0.4) is 0 Å². The molecule has 0 aromatic heterocycles. The fourth-order valence-electron chi connectivity index (χ4n) is 1.29. The van der Waals surface area contributed by atoms with Crippen molar-refractivity contribution in [2.24, 2.45) is 5.73 Å². The molecule has 2 heteroatoms. The zero-order chi connectivity index (χ0) is 10.0. The minimum Gasteiger partial charge on any atom is -0.321 e. The molecule has 0 fully saturated rings. The topological polar surface area (TPSA) is 26.0 Å². The SMILES string of the molecule is C=C[C@@H](N)c1cc(C)c(Br)cc1C. The first kappa shape index (κ1) is 10.5. The average molecular weight is 240 g/mol. The van der Waals surface area contributed by atoms with Gasteiger partial charge in [-0.3, -0.25) is 0 Å². The van der Waals surface area contributed by atoms with Crippen LogP contribution in [0.25, 0.3) is 0 Å². The third-order valence-electron chi connectivity index (χ3n) is 2.16. The average Bonchev–Trinajstić information content (AvgIpc) is 2.10. The molecular formula is C11H14BrN. The first-order valence-electron chi connectivity index (χ1n) is 4.21. The minimum atomic E-state index is -0.0631. The number of halogens is 1. The summed E-state index contributed by atoms with van der Waals surface area (Å²) in [5.41, 5.74) is 9.43. The van der Waals surface area contributed by atoms with Crippen molar-refractivity contribution in [2.45, 2.75) is 19.9 Å². The van der Waals surface area contributed by atoms with Gasteiger partial charge in [-0.25, -0.2) is 0 Å². The summed E-state index contributed by atoms with van der Waals surface area (Å²) in [5, 5.41) is 0. The first-order valence-corrected chi connectivity index (χ1v) is 5.00. The molecule has 0 amide bonds. The number of hydrogen-bond donors (Lipinski definition) is 1. The summed E-state index contributed by atoms with van der Waals surface area (Å²) in [6, 6.07) is 4.13. The molecular weight excluding hydrogens is 226 g/mol. The zero-order valence-electron chi connectivity index (χ0n) is 7.97. The van der Waals surface area contributed by atoms with Crippen LogP contribution in [0.15, 0.2) is 29.3 Å². The second kappa shape index (κ2) is 4.07. The van der Waals surface area contributed by atoms with Crippen LogP contribution in [-0.2, 0) is 0 Å². The van der Waals surface area contributed by atoms with Crippen LogP contribution in [0.5, 0.6) is 0 Å². The fourth-order valence-corrected chi connectivity index (χ4v) is 1.75. The van der Waals surface area contributed by atoms with E-state index < -0.39 is 0 Å². The number of rotatable bonds is 2. The smallest absolute Gasteiger partial charge is 0.0481 e. The van der Waals surface area contributed by atoms with Crippen LogP contribution in [0.2, 0.25) is 0 Å². The van der Waals surface area contributed by atoms with Gasteiger partial charge in [-0.1, -0.05) is 28.1 Å². The monoisotopic (exact) mass is 239 g/mol. The number of aryl methyl sites for hydroxylation is 2.